The van der Waals surface area contributed by atoms with Crippen molar-refractivity contribution in [3.8, 4) is 11.3 Å². The number of nitrogens with zero attached hydrogens (tertiary/aromatic N) is 5. The molecule has 2 N–H and O–H groups in total. The van der Waals surface area contributed by atoms with Crippen LogP contribution in [-0.4, -0.2) is 37.0 Å². The fourth-order valence-corrected chi connectivity index (χ4v) is 2.49. The van der Waals surface area contributed by atoms with Crippen molar-refractivity contribution >= 4 is 23.3 Å². The largest absolute Gasteiger partial charge is 0.361 e. The summed E-state index contributed by atoms with van der Waals surface area (Å²) in [6.07, 6.45) is 3.05. The summed E-state index contributed by atoms with van der Waals surface area (Å²) < 4.78 is 1.56. The van der Waals surface area contributed by atoms with E-state index < -0.39 is 0 Å². The first-order chi connectivity index (χ1) is 12.8. The zero-order valence-electron chi connectivity index (χ0n) is 13.7. The van der Waals surface area contributed by atoms with Gasteiger partial charge in [-0.15, -0.1) is 0 Å². The van der Waals surface area contributed by atoms with Gasteiger partial charge in [-0.05, 0) is 12.1 Å². The van der Waals surface area contributed by atoms with E-state index in [1.165, 1.54) is 6.33 Å². The van der Waals surface area contributed by atoms with E-state index in [4.69, 9.17) is 0 Å². The summed E-state index contributed by atoms with van der Waals surface area (Å²) >= 11 is 0. The van der Waals surface area contributed by atoms with Crippen LogP contribution in [0.2, 0.25) is 0 Å². The first-order valence-corrected chi connectivity index (χ1v) is 8.00. The Morgan fingerprint density at radius 3 is 2.69 bits per heavy atom. The van der Waals surface area contributed by atoms with E-state index in [1.54, 1.807) is 22.8 Å². The van der Waals surface area contributed by atoms with E-state index in [9.17, 15) is 4.79 Å². The Kier molecular flexibility index (Phi) is 4.21. The average molecular weight is 345 g/mol. The number of nitrogens with one attached hydrogen (secondary N) is 2. The van der Waals surface area contributed by atoms with Crippen LogP contribution in [-0.2, 0) is 4.79 Å². The Balaban J connectivity index is 1.56. The Hall–Kier alpha value is -3.81. The summed E-state index contributed by atoms with van der Waals surface area (Å²) in [5.74, 6) is 1.38. The van der Waals surface area contributed by atoms with Crippen molar-refractivity contribution in [1.82, 2.24) is 24.6 Å². The highest BCUT2D eigenvalue weighted by Gasteiger charge is 2.10. The van der Waals surface area contributed by atoms with Crippen molar-refractivity contribution < 1.29 is 4.79 Å². The van der Waals surface area contributed by atoms with Gasteiger partial charge < -0.3 is 10.6 Å². The molecule has 0 aliphatic heterocycles. The molecule has 0 saturated heterocycles. The molecule has 0 saturated carbocycles. The van der Waals surface area contributed by atoms with Crippen LogP contribution < -0.4 is 10.6 Å². The third-order valence-electron chi connectivity index (χ3n) is 3.68. The zero-order valence-corrected chi connectivity index (χ0v) is 13.7. The topological polar surface area (TPSA) is 97.1 Å². The molecule has 3 heterocycles. The highest BCUT2D eigenvalue weighted by atomic mass is 16.2. The van der Waals surface area contributed by atoms with Crippen molar-refractivity contribution in [2.75, 3.05) is 17.2 Å². The van der Waals surface area contributed by atoms with Gasteiger partial charge >= 0.3 is 0 Å². The minimum Gasteiger partial charge on any atom is -0.361 e. The molecule has 4 rings (SSSR count). The van der Waals surface area contributed by atoms with Gasteiger partial charge in [0.1, 0.15) is 18.0 Å². The Morgan fingerprint density at radius 1 is 1.04 bits per heavy atom. The lowest BCUT2D eigenvalue weighted by atomic mass is 10.1. The Bertz CT molecular complexity index is 1030. The average Bonchev–Trinajstić information content (AvgIpc) is 3.16. The van der Waals surface area contributed by atoms with E-state index >= 15 is 0 Å². The number of benzene rings is 1. The molecule has 1 aromatic carbocycles. The van der Waals surface area contributed by atoms with E-state index in [1.807, 2.05) is 42.5 Å². The predicted octanol–water partition coefficient (Wildman–Crippen LogP) is 2.24. The Morgan fingerprint density at radius 2 is 1.88 bits per heavy atom. The maximum absolute atomic E-state index is 12.1. The molecule has 1 amide bonds. The molecule has 8 nitrogen and oxygen atoms in total. The van der Waals surface area contributed by atoms with Gasteiger partial charge in [0.15, 0.2) is 0 Å². The number of rotatable bonds is 5. The van der Waals surface area contributed by atoms with Crippen LogP contribution in [0.1, 0.15) is 0 Å². The number of amides is 1. The van der Waals surface area contributed by atoms with Gasteiger partial charge in [-0.1, -0.05) is 36.4 Å². The molecular formula is C18H15N7O. The number of hydrogen-bond donors (Lipinski definition) is 2. The molecule has 26 heavy (non-hydrogen) atoms. The highest BCUT2D eigenvalue weighted by molar-refractivity contribution is 5.92. The predicted molar refractivity (Wildman–Crippen MR) is 97.6 cm³/mol. The summed E-state index contributed by atoms with van der Waals surface area (Å²) in [6.45, 7) is 0.0593. The summed E-state index contributed by atoms with van der Waals surface area (Å²) in [6, 6.07) is 16.9. The van der Waals surface area contributed by atoms with Crippen LogP contribution in [0.3, 0.4) is 0 Å². The summed E-state index contributed by atoms with van der Waals surface area (Å²) in [5.41, 5.74) is 1.71. The molecule has 4 aromatic rings. The second-order valence-corrected chi connectivity index (χ2v) is 5.48. The van der Waals surface area contributed by atoms with Crippen LogP contribution in [0.15, 0.2) is 67.1 Å². The van der Waals surface area contributed by atoms with Crippen molar-refractivity contribution in [2.45, 2.75) is 0 Å². The fourth-order valence-electron chi connectivity index (χ4n) is 2.49. The number of anilines is 2. The number of fused-ring (bicyclic) bond motifs is 1. The van der Waals surface area contributed by atoms with Gasteiger partial charge in [0.05, 0.1) is 12.2 Å². The molecule has 3 aromatic heterocycles. The standard InChI is InChI=1S/C18H15N7O/c26-17(24-15-8-4-5-9-19-15)11-20-16-10-14(13-6-2-1-3-7-13)23-18-21-12-22-25(16)18/h1-10,12,20H,11H2,(H,19,24,26). The highest BCUT2D eigenvalue weighted by Crippen LogP contribution is 2.21. The number of pyridine rings is 1. The van der Waals surface area contributed by atoms with E-state index in [2.05, 4.69) is 30.7 Å². The fraction of sp³-hybridized carbons (Fsp3) is 0.0556. The number of carbonyl (C=O) groups excluding carboxylic acids is 1. The maximum atomic E-state index is 12.1. The first kappa shape index (κ1) is 15.7. The molecule has 0 bridgehead atoms. The molecule has 0 aliphatic carbocycles. The van der Waals surface area contributed by atoms with Crippen molar-refractivity contribution in [3.05, 3.63) is 67.1 Å². The van der Waals surface area contributed by atoms with Gasteiger partial charge in [0, 0.05) is 17.8 Å². The van der Waals surface area contributed by atoms with Crippen LogP contribution in [0.25, 0.3) is 17.0 Å². The second kappa shape index (κ2) is 6.98. The van der Waals surface area contributed by atoms with Gasteiger partial charge in [-0.25, -0.2) is 9.97 Å². The van der Waals surface area contributed by atoms with E-state index in [0.717, 1.165) is 11.3 Å². The molecule has 0 spiro atoms. The first-order valence-electron chi connectivity index (χ1n) is 8.00. The minimum absolute atomic E-state index is 0.0593. The monoisotopic (exact) mass is 345 g/mol. The number of aromatic nitrogens is 5. The van der Waals surface area contributed by atoms with E-state index in [-0.39, 0.29) is 12.5 Å². The van der Waals surface area contributed by atoms with Crippen LogP contribution in [0.5, 0.6) is 0 Å². The third kappa shape index (κ3) is 3.34. The molecule has 0 radical (unpaired) electrons. The number of hydrogen-bond acceptors (Lipinski definition) is 6. The van der Waals surface area contributed by atoms with Gasteiger partial charge in [0.25, 0.3) is 5.78 Å². The molecular weight excluding hydrogens is 330 g/mol. The van der Waals surface area contributed by atoms with Gasteiger partial charge in [-0.3, -0.25) is 4.79 Å². The molecule has 0 unspecified atom stereocenters. The molecule has 0 atom stereocenters. The minimum atomic E-state index is -0.213. The quantitative estimate of drug-likeness (QED) is 0.576. The second-order valence-electron chi connectivity index (χ2n) is 5.48. The SMILES string of the molecule is O=C(CNc1cc(-c2ccccc2)nc2ncnn12)Nc1ccccn1. The van der Waals surface area contributed by atoms with Crippen LogP contribution >= 0.6 is 0 Å². The third-order valence-corrected chi connectivity index (χ3v) is 3.68. The van der Waals surface area contributed by atoms with Crippen molar-refractivity contribution in [3.63, 3.8) is 0 Å². The zero-order chi connectivity index (χ0) is 17.8. The molecule has 0 fully saturated rings. The smallest absolute Gasteiger partial charge is 0.254 e. The lowest BCUT2D eigenvalue weighted by molar-refractivity contribution is -0.114. The molecule has 0 aliphatic rings. The van der Waals surface area contributed by atoms with Gasteiger partial charge in [-0.2, -0.15) is 14.6 Å². The lowest BCUT2D eigenvalue weighted by Gasteiger charge is -2.10. The summed E-state index contributed by atoms with van der Waals surface area (Å²) in [7, 11) is 0. The lowest BCUT2D eigenvalue weighted by Crippen LogP contribution is -2.23. The van der Waals surface area contributed by atoms with Crippen LogP contribution in [0, 0.1) is 0 Å². The van der Waals surface area contributed by atoms with Crippen molar-refractivity contribution in [1.29, 1.82) is 0 Å². The Labute approximate surface area is 149 Å². The van der Waals surface area contributed by atoms with E-state index in [0.29, 0.717) is 17.4 Å². The summed E-state index contributed by atoms with van der Waals surface area (Å²) in [4.78, 5) is 24.9. The maximum Gasteiger partial charge on any atom is 0.254 e. The van der Waals surface area contributed by atoms with Gasteiger partial charge in [0.2, 0.25) is 5.91 Å². The number of carbonyl (C=O) groups is 1. The molecule has 128 valence electrons. The molecule has 8 heteroatoms. The van der Waals surface area contributed by atoms with Crippen molar-refractivity contribution in [2.24, 2.45) is 0 Å². The van der Waals surface area contributed by atoms with Crippen LogP contribution in [0.4, 0.5) is 11.6 Å². The normalized spacial score (nSPS) is 10.6. The summed E-state index contributed by atoms with van der Waals surface area (Å²) in [5, 5.41) is 9.96.